The second-order valence-corrected chi connectivity index (χ2v) is 4.60. The van der Waals surface area contributed by atoms with Crippen molar-refractivity contribution in [3.63, 3.8) is 0 Å². The molecular formula is C12H16N2OS. The third kappa shape index (κ3) is 2.18. The lowest BCUT2D eigenvalue weighted by Gasteiger charge is -2.11. The van der Waals surface area contributed by atoms with E-state index in [4.69, 9.17) is 0 Å². The molecule has 0 aliphatic rings. The Bertz CT molecular complexity index is 461. The van der Waals surface area contributed by atoms with Crippen molar-refractivity contribution in [3.05, 3.63) is 40.1 Å². The summed E-state index contributed by atoms with van der Waals surface area (Å²) >= 11 is 1.63. The molecule has 1 atom stereocenters. The van der Waals surface area contributed by atoms with E-state index in [1.807, 2.05) is 18.5 Å². The lowest BCUT2D eigenvalue weighted by atomic mass is 10.1. The van der Waals surface area contributed by atoms with Crippen LogP contribution >= 0.6 is 11.3 Å². The largest absolute Gasteiger partial charge is 0.388 e. The lowest BCUT2D eigenvalue weighted by molar-refractivity contribution is 0.174. The van der Waals surface area contributed by atoms with E-state index in [0.717, 1.165) is 23.5 Å². The van der Waals surface area contributed by atoms with Crippen LogP contribution in [0.15, 0.2) is 23.2 Å². The number of thiophene rings is 1. The van der Waals surface area contributed by atoms with E-state index in [-0.39, 0.29) is 0 Å². The molecule has 0 bridgehead atoms. The zero-order chi connectivity index (χ0) is 11.5. The Kier molecular flexibility index (Phi) is 3.41. The van der Waals surface area contributed by atoms with Gasteiger partial charge in [-0.3, -0.25) is 0 Å². The molecule has 1 unspecified atom stereocenters. The average molecular weight is 236 g/mol. The molecule has 0 aliphatic heterocycles. The second-order valence-electron chi connectivity index (χ2n) is 3.86. The Morgan fingerprint density at radius 2 is 2.31 bits per heavy atom. The molecule has 2 aromatic rings. The molecule has 2 heterocycles. The Morgan fingerprint density at radius 3 is 2.94 bits per heavy atom. The van der Waals surface area contributed by atoms with Crippen LogP contribution in [-0.4, -0.2) is 14.7 Å². The van der Waals surface area contributed by atoms with E-state index in [0.29, 0.717) is 6.42 Å². The van der Waals surface area contributed by atoms with Gasteiger partial charge in [0.05, 0.1) is 6.10 Å². The number of hydrogen-bond donors (Lipinski definition) is 1. The summed E-state index contributed by atoms with van der Waals surface area (Å²) in [5, 5.41) is 14.2. The molecule has 86 valence electrons. The van der Waals surface area contributed by atoms with E-state index >= 15 is 0 Å². The highest BCUT2D eigenvalue weighted by Gasteiger charge is 2.14. The topological polar surface area (TPSA) is 38.0 Å². The van der Waals surface area contributed by atoms with Gasteiger partial charge in [0.25, 0.3) is 0 Å². The summed E-state index contributed by atoms with van der Waals surface area (Å²) in [6.07, 6.45) is 3.87. The van der Waals surface area contributed by atoms with Gasteiger partial charge in [-0.1, -0.05) is 0 Å². The molecule has 4 heteroatoms. The number of aliphatic hydroxyl groups excluding tert-OH is 1. The molecule has 0 amide bonds. The first-order chi connectivity index (χ1) is 7.72. The van der Waals surface area contributed by atoms with Gasteiger partial charge in [-0.15, -0.1) is 0 Å². The minimum absolute atomic E-state index is 0.445. The maximum atomic E-state index is 10.1. The first-order valence-electron chi connectivity index (χ1n) is 5.43. The summed E-state index contributed by atoms with van der Waals surface area (Å²) in [6.45, 7) is 5.00. The zero-order valence-electron chi connectivity index (χ0n) is 9.55. The Morgan fingerprint density at radius 1 is 1.50 bits per heavy atom. The van der Waals surface area contributed by atoms with E-state index in [2.05, 4.69) is 21.9 Å². The fraction of sp³-hybridized carbons (Fsp3) is 0.417. The SMILES string of the molecule is CCn1ccnc1CC(O)c1cscc1C. The van der Waals surface area contributed by atoms with Gasteiger partial charge in [-0.25, -0.2) is 4.98 Å². The van der Waals surface area contributed by atoms with E-state index in [1.165, 1.54) is 0 Å². The van der Waals surface area contributed by atoms with Crippen LogP contribution in [0.5, 0.6) is 0 Å². The highest BCUT2D eigenvalue weighted by molar-refractivity contribution is 7.08. The minimum Gasteiger partial charge on any atom is -0.388 e. The van der Waals surface area contributed by atoms with Crippen LogP contribution in [0, 0.1) is 6.92 Å². The second kappa shape index (κ2) is 4.80. The van der Waals surface area contributed by atoms with Crippen molar-refractivity contribution >= 4 is 11.3 Å². The molecule has 0 saturated heterocycles. The molecule has 0 fully saturated rings. The molecular weight excluding hydrogens is 220 g/mol. The number of aryl methyl sites for hydroxylation is 2. The van der Waals surface area contributed by atoms with E-state index in [9.17, 15) is 5.11 Å². The third-order valence-electron chi connectivity index (χ3n) is 2.77. The summed E-state index contributed by atoms with van der Waals surface area (Å²) in [4.78, 5) is 4.27. The molecule has 0 spiro atoms. The maximum Gasteiger partial charge on any atom is 0.111 e. The predicted molar refractivity (Wildman–Crippen MR) is 65.6 cm³/mol. The van der Waals surface area contributed by atoms with Crippen LogP contribution in [0.25, 0.3) is 0 Å². The van der Waals surface area contributed by atoms with Crippen molar-refractivity contribution in [2.45, 2.75) is 32.9 Å². The Balaban J connectivity index is 2.13. The molecule has 0 saturated carbocycles. The van der Waals surface area contributed by atoms with Gasteiger partial charge >= 0.3 is 0 Å². The van der Waals surface area contributed by atoms with Crippen molar-refractivity contribution in [1.29, 1.82) is 0 Å². The van der Waals surface area contributed by atoms with Gasteiger partial charge in [0, 0.05) is 25.4 Å². The number of imidazole rings is 1. The zero-order valence-corrected chi connectivity index (χ0v) is 10.4. The minimum atomic E-state index is -0.445. The number of rotatable bonds is 4. The number of hydrogen-bond acceptors (Lipinski definition) is 3. The average Bonchev–Trinajstić information content (AvgIpc) is 2.86. The van der Waals surface area contributed by atoms with Gasteiger partial charge in [0.1, 0.15) is 5.82 Å². The van der Waals surface area contributed by atoms with E-state index in [1.54, 1.807) is 17.5 Å². The van der Waals surface area contributed by atoms with Crippen LogP contribution in [-0.2, 0) is 13.0 Å². The number of aromatic nitrogens is 2. The molecule has 0 aromatic carbocycles. The summed E-state index contributed by atoms with van der Waals surface area (Å²) in [7, 11) is 0. The van der Waals surface area contributed by atoms with Crippen molar-refractivity contribution < 1.29 is 5.11 Å². The van der Waals surface area contributed by atoms with Crippen molar-refractivity contribution in [2.24, 2.45) is 0 Å². The molecule has 1 N–H and O–H groups in total. The number of nitrogens with zero attached hydrogens (tertiary/aromatic N) is 2. The van der Waals surface area contributed by atoms with Gasteiger partial charge in [-0.2, -0.15) is 11.3 Å². The van der Waals surface area contributed by atoms with Crippen molar-refractivity contribution in [1.82, 2.24) is 9.55 Å². The van der Waals surface area contributed by atoms with Crippen LogP contribution < -0.4 is 0 Å². The fourth-order valence-corrected chi connectivity index (χ4v) is 2.71. The summed E-state index contributed by atoms with van der Waals surface area (Å²) < 4.78 is 2.06. The van der Waals surface area contributed by atoms with Gasteiger partial charge < -0.3 is 9.67 Å². The van der Waals surface area contributed by atoms with Crippen LogP contribution in [0.4, 0.5) is 0 Å². The molecule has 2 aromatic heterocycles. The van der Waals surface area contributed by atoms with Crippen molar-refractivity contribution in [3.8, 4) is 0 Å². The summed E-state index contributed by atoms with van der Waals surface area (Å²) in [5.41, 5.74) is 2.18. The fourth-order valence-electron chi connectivity index (χ4n) is 1.81. The van der Waals surface area contributed by atoms with Gasteiger partial charge in [0.2, 0.25) is 0 Å². The Hall–Kier alpha value is -1.13. The molecule has 2 rings (SSSR count). The molecule has 0 aliphatic carbocycles. The highest BCUT2D eigenvalue weighted by Crippen LogP contribution is 2.24. The van der Waals surface area contributed by atoms with Gasteiger partial charge in [-0.05, 0) is 35.7 Å². The first-order valence-corrected chi connectivity index (χ1v) is 6.37. The molecule has 0 radical (unpaired) electrons. The molecule has 16 heavy (non-hydrogen) atoms. The molecule has 3 nitrogen and oxygen atoms in total. The number of aliphatic hydroxyl groups is 1. The summed E-state index contributed by atoms with van der Waals surface area (Å²) in [5.74, 6) is 0.945. The predicted octanol–water partition coefficient (Wildman–Crippen LogP) is 2.55. The van der Waals surface area contributed by atoms with Crippen LogP contribution in [0.2, 0.25) is 0 Å². The van der Waals surface area contributed by atoms with Gasteiger partial charge in [0.15, 0.2) is 0 Å². The van der Waals surface area contributed by atoms with Crippen molar-refractivity contribution in [2.75, 3.05) is 0 Å². The monoisotopic (exact) mass is 236 g/mol. The highest BCUT2D eigenvalue weighted by atomic mass is 32.1. The smallest absolute Gasteiger partial charge is 0.111 e. The summed E-state index contributed by atoms with van der Waals surface area (Å²) in [6, 6.07) is 0. The Labute approximate surface area is 99.4 Å². The third-order valence-corrected chi connectivity index (χ3v) is 3.65. The quantitative estimate of drug-likeness (QED) is 0.886. The van der Waals surface area contributed by atoms with E-state index < -0.39 is 6.10 Å². The van der Waals surface area contributed by atoms with Crippen LogP contribution in [0.3, 0.4) is 0 Å². The lowest BCUT2D eigenvalue weighted by Crippen LogP contribution is -2.08. The maximum absolute atomic E-state index is 10.1. The van der Waals surface area contributed by atoms with Crippen LogP contribution in [0.1, 0.15) is 30.0 Å². The normalized spacial score (nSPS) is 12.9. The standard InChI is InChI=1S/C12H16N2OS/c1-3-14-5-4-13-12(14)6-11(15)10-8-16-7-9(10)2/h4-5,7-8,11,15H,3,6H2,1-2H3. The first kappa shape index (κ1) is 11.4.